The lowest BCUT2D eigenvalue weighted by Crippen LogP contribution is -2.53. The van der Waals surface area contributed by atoms with Gasteiger partial charge in [-0.15, -0.1) is 0 Å². The third kappa shape index (κ3) is 5.79. The monoisotopic (exact) mass is 480 g/mol. The number of piperidine rings is 1. The summed E-state index contributed by atoms with van der Waals surface area (Å²) in [4.78, 5) is 25.7. The van der Waals surface area contributed by atoms with E-state index in [0.717, 1.165) is 6.07 Å². The first kappa shape index (κ1) is 24.0. The van der Waals surface area contributed by atoms with Crippen LogP contribution in [-0.4, -0.2) is 55.0 Å². The van der Waals surface area contributed by atoms with Gasteiger partial charge in [-0.2, -0.15) is 0 Å². The minimum atomic E-state index is -3.88. The van der Waals surface area contributed by atoms with Crippen molar-refractivity contribution in [3.63, 3.8) is 0 Å². The van der Waals surface area contributed by atoms with E-state index in [1.54, 1.807) is 43.0 Å². The van der Waals surface area contributed by atoms with Gasteiger partial charge in [-0.05, 0) is 69.2 Å². The van der Waals surface area contributed by atoms with E-state index in [-0.39, 0.29) is 22.4 Å². The van der Waals surface area contributed by atoms with E-state index in [4.69, 9.17) is 21.4 Å². The van der Waals surface area contributed by atoms with Gasteiger partial charge in [0.2, 0.25) is 10.0 Å². The van der Waals surface area contributed by atoms with Crippen molar-refractivity contribution in [1.82, 2.24) is 9.62 Å². The molecule has 8 nitrogen and oxygen atoms in total. The molecule has 1 aliphatic rings. The van der Waals surface area contributed by atoms with Crippen LogP contribution in [0.15, 0.2) is 53.4 Å². The second-order valence-corrected chi connectivity index (χ2v) is 10.2. The second-order valence-electron chi connectivity index (χ2n) is 8.09. The van der Waals surface area contributed by atoms with Crippen molar-refractivity contribution in [2.24, 2.45) is 0 Å². The number of benzene rings is 2. The molecule has 0 aromatic heterocycles. The minimum absolute atomic E-state index is 0.101. The molecule has 32 heavy (non-hydrogen) atoms. The molecule has 0 radical (unpaired) electrons. The van der Waals surface area contributed by atoms with Crippen molar-refractivity contribution in [2.45, 2.75) is 43.2 Å². The molecule has 2 N–H and O–H groups in total. The lowest BCUT2D eigenvalue weighted by molar-refractivity contribution is -0.146. The number of ether oxygens (including phenoxy) is 1. The number of nitrogens with zero attached hydrogens (tertiary/aromatic N) is 1. The number of rotatable bonds is 7. The summed E-state index contributed by atoms with van der Waals surface area (Å²) < 4.78 is 33.8. The van der Waals surface area contributed by atoms with Crippen molar-refractivity contribution in [3.8, 4) is 5.75 Å². The van der Waals surface area contributed by atoms with Gasteiger partial charge < -0.3 is 14.7 Å². The number of carboxylic acids is 1. The largest absolute Gasteiger partial charge is 0.478 e. The summed E-state index contributed by atoms with van der Waals surface area (Å²) in [6.07, 6.45) is 0.862. The molecule has 1 fully saturated rings. The van der Waals surface area contributed by atoms with E-state index in [1.807, 2.05) is 0 Å². The summed E-state index contributed by atoms with van der Waals surface area (Å²) in [5.41, 5.74) is -1.20. The van der Waals surface area contributed by atoms with Crippen LogP contribution in [0.3, 0.4) is 0 Å². The van der Waals surface area contributed by atoms with Crippen LogP contribution >= 0.6 is 11.6 Å². The van der Waals surface area contributed by atoms with Crippen molar-refractivity contribution in [2.75, 3.05) is 13.1 Å². The highest BCUT2D eigenvalue weighted by molar-refractivity contribution is 7.89. The predicted octanol–water partition coefficient (Wildman–Crippen LogP) is 3.17. The van der Waals surface area contributed by atoms with E-state index in [1.165, 1.54) is 18.2 Å². The molecule has 0 saturated carbocycles. The lowest BCUT2D eigenvalue weighted by atomic mass is 10.0. The molecule has 0 bridgehead atoms. The van der Waals surface area contributed by atoms with Crippen LogP contribution in [0.2, 0.25) is 5.02 Å². The minimum Gasteiger partial charge on any atom is -0.478 e. The predicted molar refractivity (Wildman–Crippen MR) is 119 cm³/mol. The summed E-state index contributed by atoms with van der Waals surface area (Å²) in [6.45, 7) is 4.12. The molecule has 0 unspecified atom stereocenters. The fraction of sp³-hybridized carbons (Fsp3) is 0.364. The fourth-order valence-corrected chi connectivity index (χ4v) is 4.98. The van der Waals surface area contributed by atoms with Gasteiger partial charge in [-0.1, -0.05) is 17.7 Å². The molecule has 0 aliphatic carbocycles. The van der Waals surface area contributed by atoms with E-state index in [0.29, 0.717) is 36.7 Å². The molecular formula is C22H25ClN2O6S. The SMILES string of the molecule is CC(C)(Oc1ccc(Cl)cc1)C(=O)N1CCC(NS(=O)(=O)c2cccc(C(=O)O)c2)CC1. The van der Waals surface area contributed by atoms with Gasteiger partial charge in [0.25, 0.3) is 5.91 Å². The Kier molecular flexibility index (Phi) is 7.12. The number of carboxylic acid groups (broad SMARTS) is 1. The van der Waals surface area contributed by atoms with Crippen LogP contribution in [-0.2, 0) is 14.8 Å². The van der Waals surface area contributed by atoms with Crippen molar-refractivity contribution < 1.29 is 27.9 Å². The zero-order valence-electron chi connectivity index (χ0n) is 17.7. The van der Waals surface area contributed by atoms with Crippen molar-refractivity contribution >= 4 is 33.5 Å². The number of aromatic carboxylic acids is 1. The second kappa shape index (κ2) is 9.48. The third-order valence-electron chi connectivity index (χ3n) is 5.20. The van der Waals surface area contributed by atoms with Crippen molar-refractivity contribution in [3.05, 3.63) is 59.1 Å². The smallest absolute Gasteiger partial charge is 0.335 e. The van der Waals surface area contributed by atoms with Crippen LogP contribution in [0, 0.1) is 0 Å². The molecule has 1 heterocycles. The maximum atomic E-state index is 13.0. The van der Waals surface area contributed by atoms with Crippen LogP contribution in [0.5, 0.6) is 5.75 Å². The molecule has 1 aliphatic heterocycles. The zero-order valence-corrected chi connectivity index (χ0v) is 19.3. The Labute approximate surface area is 192 Å². The van der Waals surface area contributed by atoms with Gasteiger partial charge in [0.15, 0.2) is 5.60 Å². The summed E-state index contributed by atoms with van der Waals surface area (Å²) in [5, 5.41) is 9.65. The quantitative estimate of drug-likeness (QED) is 0.629. The van der Waals surface area contributed by atoms with Gasteiger partial charge >= 0.3 is 5.97 Å². The topological polar surface area (TPSA) is 113 Å². The fourth-order valence-electron chi connectivity index (χ4n) is 3.51. The van der Waals surface area contributed by atoms with Gasteiger partial charge in [-0.25, -0.2) is 17.9 Å². The molecular weight excluding hydrogens is 456 g/mol. The zero-order chi connectivity index (χ0) is 23.5. The number of hydrogen-bond acceptors (Lipinski definition) is 5. The molecule has 1 amide bonds. The first-order chi connectivity index (χ1) is 15.0. The number of amides is 1. The Bertz CT molecular complexity index is 1090. The normalized spacial score (nSPS) is 15.4. The number of likely N-dealkylation sites (tertiary alicyclic amines) is 1. The first-order valence-corrected chi connectivity index (χ1v) is 11.9. The number of sulfonamides is 1. The Morgan fingerprint density at radius 1 is 1.12 bits per heavy atom. The average Bonchev–Trinajstić information content (AvgIpc) is 2.75. The summed E-state index contributed by atoms with van der Waals surface area (Å²) >= 11 is 5.88. The highest BCUT2D eigenvalue weighted by Gasteiger charge is 2.36. The number of nitrogens with one attached hydrogen (secondary N) is 1. The van der Waals surface area contributed by atoms with E-state index < -0.39 is 21.6 Å². The standard InChI is InChI=1S/C22H25ClN2O6S/c1-22(2,31-18-8-6-16(23)7-9-18)21(28)25-12-10-17(11-13-25)24-32(29,30)19-5-3-4-15(14-19)20(26)27/h3-9,14,17,24H,10-13H2,1-2H3,(H,26,27). The van der Waals surface area contributed by atoms with Crippen LogP contribution in [0.25, 0.3) is 0 Å². The molecule has 0 atom stereocenters. The average molecular weight is 481 g/mol. The molecule has 2 aromatic carbocycles. The summed E-state index contributed by atoms with van der Waals surface area (Å²) in [7, 11) is -3.88. The van der Waals surface area contributed by atoms with E-state index in [2.05, 4.69) is 4.72 Å². The van der Waals surface area contributed by atoms with Gasteiger partial charge in [-0.3, -0.25) is 4.79 Å². The molecule has 0 spiro atoms. The molecule has 10 heteroatoms. The van der Waals surface area contributed by atoms with Gasteiger partial charge in [0.1, 0.15) is 5.75 Å². The van der Waals surface area contributed by atoms with Gasteiger partial charge in [0, 0.05) is 24.2 Å². The molecule has 2 aromatic rings. The number of carbonyl (C=O) groups excluding carboxylic acids is 1. The number of halogens is 1. The first-order valence-electron chi connectivity index (χ1n) is 10.1. The van der Waals surface area contributed by atoms with Crippen LogP contribution in [0.1, 0.15) is 37.0 Å². The van der Waals surface area contributed by atoms with Crippen LogP contribution in [0.4, 0.5) is 0 Å². The van der Waals surface area contributed by atoms with Gasteiger partial charge in [0.05, 0.1) is 10.5 Å². The Morgan fingerprint density at radius 3 is 2.34 bits per heavy atom. The maximum absolute atomic E-state index is 13.0. The molecule has 3 rings (SSSR count). The Balaban J connectivity index is 1.59. The highest BCUT2D eigenvalue weighted by atomic mass is 35.5. The Morgan fingerprint density at radius 2 is 1.75 bits per heavy atom. The summed E-state index contributed by atoms with van der Waals surface area (Å²) in [5.74, 6) is -0.862. The Hall–Kier alpha value is -2.62. The number of carbonyl (C=O) groups is 2. The van der Waals surface area contributed by atoms with E-state index in [9.17, 15) is 18.0 Å². The highest BCUT2D eigenvalue weighted by Crippen LogP contribution is 2.24. The van der Waals surface area contributed by atoms with E-state index >= 15 is 0 Å². The third-order valence-corrected chi connectivity index (χ3v) is 6.97. The number of hydrogen-bond donors (Lipinski definition) is 2. The molecule has 1 saturated heterocycles. The van der Waals surface area contributed by atoms with Crippen LogP contribution < -0.4 is 9.46 Å². The van der Waals surface area contributed by atoms with Crippen molar-refractivity contribution in [1.29, 1.82) is 0 Å². The summed E-state index contributed by atoms with van der Waals surface area (Å²) in [6, 6.07) is 11.6. The molecule has 172 valence electrons. The maximum Gasteiger partial charge on any atom is 0.335 e. The lowest BCUT2D eigenvalue weighted by Gasteiger charge is -2.37.